The van der Waals surface area contributed by atoms with E-state index in [0.717, 1.165) is 32.5 Å². The summed E-state index contributed by atoms with van der Waals surface area (Å²) in [6, 6.07) is 8.76. The molecule has 17 heavy (non-hydrogen) atoms. The van der Waals surface area contributed by atoms with Crippen LogP contribution in [0, 0.1) is 12.8 Å². The summed E-state index contributed by atoms with van der Waals surface area (Å²) >= 11 is 0. The summed E-state index contributed by atoms with van der Waals surface area (Å²) in [5, 5.41) is 9.25. The summed E-state index contributed by atoms with van der Waals surface area (Å²) in [5.41, 5.74) is 2.67. The zero-order valence-electron chi connectivity index (χ0n) is 10.6. The lowest BCUT2D eigenvalue weighted by Crippen LogP contribution is -2.23. The second kappa shape index (κ2) is 6.18. The fourth-order valence-electron chi connectivity index (χ4n) is 2.75. The topological polar surface area (TPSA) is 29.5 Å². The molecule has 0 radical (unpaired) electrons. The summed E-state index contributed by atoms with van der Waals surface area (Å²) in [6.45, 7) is 4.13. The number of aliphatic hydroxyl groups is 1. The number of ether oxygens (including phenoxy) is 1. The van der Waals surface area contributed by atoms with E-state index in [-0.39, 0.29) is 6.61 Å². The van der Waals surface area contributed by atoms with Crippen molar-refractivity contribution in [2.24, 2.45) is 5.92 Å². The first kappa shape index (κ1) is 12.6. The van der Waals surface area contributed by atoms with Crippen LogP contribution in [0.2, 0.25) is 0 Å². The van der Waals surface area contributed by atoms with Gasteiger partial charge in [0, 0.05) is 19.8 Å². The third-order valence-electron chi connectivity index (χ3n) is 3.78. The summed E-state index contributed by atoms with van der Waals surface area (Å²) in [5.74, 6) is 1.16. The Labute approximate surface area is 104 Å². The third-order valence-corrected chi connectivity index (χ3v) is 3.78. The van der Waals surface area contributed by atoms with Crippen molar-refractivity contribution in [1.82, 2.24) is 0 Å². The average molecular weight is 234 g/mol. The number of aliphatic hydroxyl groups excluding tert-OH is 1. The molecule has 1 aliphatic rings. The molecule has 1 aromatic carbocycles. The molecule has 0 spiro atoms. The first-order valence-electron chi connectivity index (χ1n) is 6.56. The van der Waals surface area contributed by atoms with E-state index >= 15 is 0 Å². The van der Waals surface area contributed by atoms with Gasteiger partial charge in [-0.1, -0.05) is 29.8 Å². The molecular formula is C15H22O2. The minimum absolute atomic E-state index is 0.274. The minimum Gasteiger partial charge on any atom is -0.396 e. The van der Waals surface area contributed by atoms with Gasteiger partial charge in [0.25, 0.3) is 0 Å². The molecule has 0 aromatic heterocycles. The Morgan fingerprint density at radius 3 is 2.47 bits per heavy atom. The Bertz CT molecular complexity index is 325. The predicted octanol–water partition coefficient (Wildman–Crippen LogP) is 2.89. The van der Waals surface area contributed by atoms with Gasteiger partial charge in [0.15, 0.2) is 0 Å². The Kier molecular flexibility index (Phi) is 4.57. The highest BCUT2D eigenvalue weighted by molar-refractivity contribution is 5.25. The van der Waals surface area contributed by atoms with Gasteiger partial charge in [-0.05, 0) is 43.6 Å². The van der Waals surface area contributed by atoms with Gasteiger partial charge in [0.05, 0.1) is 0 Å². The Balaban J connectivity index is 2.12. The lowest BCUT2D eigenvalue weighted by atomic mass is 9.79. The van der Waals surface area contributed by atoms with Crippen LogP contribution in [0.15, 0.2) is 24.3 Å². The maximum atomic E-state index is 9.25. The van der Waals surface area contributed by atoms with E-state index in [1.165, 1.54) is 11.1 Å². The van der Waals surface area contributed by atoms with E-state index in [0.29, 0.717) is 11.8 Å². The van der Waals surface area contributed by atoms with Gasteiger partial charge in [-0.3, -0.25) is 0 Å². The monoisotopic (exact) mass is 234 g/mol. The predicted molar refractivity (Wildman–Crippen MR) is 69.2 cm³/mol. The van der Waals surface area contributed by atoms with Crippen molar-refractivity contribution < 1.29 is 9.84 Å². The molecular weight excluding hydrogens is 212 g/mol. The van der Waals surface area contributed by atoms with Crippen molar-refractivity contribution in [3.05, 3.63) is 35.4 Å². The molecule has 1 saturated heterocycles. The molecule has 0 bridgehead atoms. The van der Waals surface area contributed by atoms with Crippen molar-refractivity contribution in [2.45, 2.75) is 32.1 Å². The normalized spacial score (nSPS) is 19.2. The van der Waals surface area contributed by atoms with E-state index in [1.807, 2.05) is 0 Å². The van der Waals surface area contributed by atoms with Crippen LogP contribution in [-0.4, -0.2) is 24.9 Å². The van der Waals surface area contributed by atoms with Crippen molar-refractivity contribution in [1.29, 1.82) is 0 Å². The summed E-state index contributed by atoms with van der Waals surface area (Å²) < 4.78 is 5.42. The van der Waals surface area contributed by atoms with E-state index in [9.17, 15) is 5.11 Å². The first-order valence-corrected chi connectivity index (χ1v) is 6.56. The van der Waals surface area contributed by atoms with Crippen LogP contribution in [0.3, 0.4) is 0 Å². The molecule has 2 nitrogen and oxygen atoms in total. The highest BCUT2D eigenvalue weighted by Crippen LogP contribution is 2.34. The Morgan fingerprint density at radius 2 is 1.88 bits per heavy atom. The van der Waals surface area contributed by atoms with Crippen LogP contribution in [0.25, 0.3) is 0 Å². The second-order valence-electron chi connectivity index (χ2n) is 4.98. The molecule has 1 aliphatic heterocycles. The zero-order valence-corrected chi connectivity index (χ0v) is 10.6. The van der Waals surface area contributed by atoms with Gasteiger partial charge >= 0.3 is 0 Å². The van der Waals surface area contributed by atoms with E-state index in [1.54, 1.807) is 0 Å². The molecule has 2 rings (SSSR count). The van der Waals surface area contributed by atoms with Crippen LogP contribution in [0.4, 0.5) is 0 Å². The molecule has 1 N–H and O–H groups in total. The van der Waals surface area contributed by atoms with Crippen LogP contribution in [-0.2, 0) is 4.74 Å². The van der Waals surface area contributed by atoms with Crippen LogP contribution >= 0.6 is 0 Å². The third kappa shape index (κ3) is 3.30. The molecule has 1 fully saturated rings. The molecule has 2 heteroatoms. The fourth-order valence-corrected chi connectivity index (χ4v) is 2.75. The van der Waals surface area contributed by atoms with Crippen molar-refractivity contribution in [3.63, 3.8) is 0 Å². The number of benzene rings is 1. The number of hydrogen-bond acceptors (Lipinski definition) is 2. The van der Waals surface area contributed by atoms with Gasteiger partial charge in [-0.15, -0.1) is 0 Å². The number of aryl methyl sites for hydroxylation is 1. The van der Waals surface area contributed by atoms with Gasteiger partial charge < -0.3 is 9.84 Å². The second-order valence-corrected chi connectivity index (χ2v) is 4.98. The van der Waals surface area contributed by atoms with E-state index in [2.05, 4.69) is 31.2 Å². The maximum absolute atomic E-state index is 9.25. The molecule has 94 valence electrons. The molecule has 1 atom stereocenters. The van der Waals surface area contributed by atoms with Gasteiger partial charge in [0.2, 0.25) is 0 Å². The molecule has 1 heterocycles. The smallest absolute Gasteiger partial charge is 0.0468 e. The van der Waals surface area contributed by atoms with Crippen molar-refractivity contribution in [2.75, 3.05) is 19.8 Å². The minimum atomic E-state index is 0.274. The van der Waals surface area contributed by atoms with Crippen molar-refractivity contribution in [3.8, 4) is 0 Å². The standard InChI is InChI=1S/C15H22O2/c1-12-2-4-13(5-3-12)15(6-9-16)14-7-10-17-11-8-14/h2-5,14-16H,6-11H2,1H3. The fraction of sp³-hybridized carbons (Fsp3) is 0.600. The first-order chi connectivity index (χ1) is 8.31. The van der Waals surface area contributed by atoms with Gasteiger partial charge in [0.1, 0.15) is 0 Å². The van der Waals surface area contributed by atoms with E-state index in [4.69, 9.17) is 4.74 Å². The highest BCUT2D eigenvalue weighted by atomic mass is 16.5. The van der Waals surface area contributed by atoms with Gasteiger partial charge in [-0.25, -0.2) is 0 Å². The Morgan fingerprint density at radius 1 is 1.24 bits per heavy atom. The van der Waals surface area contributed by atoms with Crippen LogP contribution in [0.5, 0.6) is 0 Å². The number of rotatable bonds is 4. The summed E-state index contributed by atoms with van der Waals surface area (Å²) in [6.07, 6.45) is 3.12. The SMILES string of the molecule is Cc1ccc(C(CCO)C2CCOCC2)cc1. The highest BCUT2D eigenvalue weighted by Gasteiger charge is 2.24. The Hall–Kier alpha value is -0.860. The van der Waals surface area contributed by atoms with Crippen LogP contribution < -0.4 is 0 Å². The van der Waals surface area contributed by atoms with Crippen LogP contribution in [0.1, 0.15) is 36.3 Å². The summed E-state index contributed by atoms with van der Waals surface area (Å²) in [4.78, 5) is 0. The van der Waals surface area contributed by atoms with Crippen molar-refractivity contribution >= 4 is 0 Å². The lowest BCUT2D eigenvalue weighted by molar-refractivity contribution is 0.0544. The summed E-state index contributed by atoms with van der Waals surface area (Å²) in [7, 11) is 0. The van der Waals surface area contributed by atoms with E-state index < -0.39 is 0 Å². The maximum Gasteiger partial charge on any atom is 0.0468 e. The molecule has 0 aliphatic carbocycles. The quantitative estimate of drug-likeness (QED) is 0.868. The average Bonchev–Trinajstić information content (AvgIpc) is 2.38. The molecule has 0 amide bonds. The zero-order chi connectivity index (χ0) is 12.1. The molecule has 1 unspecified atom stereocenters. The molecule has 0 saturated carbocycles. The van der Waals surface area contributed by atoms with Gasteiger partial charge in [-0.2, -0.15) is 0 Å². The number of hydrogen-bond donors (Lipinski definition) is 1. The largest absolute Gasteiger partial charge is 0.396 e. The molecule has 1 aromatic rings. The lowest BCUT2D eigenvalue weighted by Gasteiger charge is -2.30.